The van der Waals surface area contributed by atoms with Crippen LogP contribution in [0.1, 0.15) is 29.7 Å². The smallest absolute Gasteiger partial charge is 0.301 e. The molecule has 1 aromatic heterocycles. The van der Waals surface area contributed by atoms with Crippen LogP contribution in [-0.2, 0) is 15.3 Å². The summed E-state index contributed by atoms with van der Waals surface area (Å²) >= 11 is 2.68. The summed E-state index contributed by atoms with van der Waals surface area (Å²) in [6.07, 6.45) is 0. The molecule has 1 amide bonds. The Balaban J connectivity index is 1.38. The van der Waals surface area contributed by atoms with Gasteiger partial charge in [-0.05, 0) is 65.2 Å². The van der Waals surface area contributed by atoms with E-state index in [1.807, 2.05) is 25.1 Å². The molecule has 0 saturated carbocycles. The number of halogens is 1. The van der Waals surface area contributed by atoms with Gasteiger partial charge >= 0.3 is 5.91 Å². The summed E-state index contributed by atoms with van der Waals surface area (Å²) < 4.78 is 19.9. The van der Waals surface area contributed by atoms with Crippen molar-refractivity contribution in [3.63, 3.8) is 0 Å². The second-order valence-electron chi connectivity index (χ2n) is 9.46. The van der Waals surface area contributed by atoms with Gasteiger partial charge in [-0.1, -0.05) is 77.7 Å². The third-order valence-electron chi connectivity index (χ3n) is 6.88. The molecular formula is C32H24FN3O4S2. The lowest BCUT2D eigenvalue weighted by Crippen LogP contribution is -2.29. The van der Waals surface area contributed by atoms with Gasteiger partial charge in [-0.3, -0.25) is 14.5 Å². The normalized spacial score (nSPS) is 16.3. The van der Waals surface area contributed by atoms with E-state index in [0.29, 0.717) is 28.0 Å². The van der Waals surface area contributed by atoms with Gasteiger partial charge in [0, 0.05) is 11.3 Å². The topological polar surface area (TPSA) is 92.6 Å². The zero-order valence-corrected chi connectivity index (χ0v) is 24.0. The number of rotatable bonds is 8. The summed E-state index contributed by atoms with van der Waals surface area (Å²) in [6, 6.07) is 25.4. The van der Waals surface area contributed by atoms with E-state index in [1.165, 1.54) is 52.3 Å². The summed E-state index contributed by atoms with van der Waals surface area (Å²) in [5.41, 5.74) is 1.77. The highest BCUT2D eigenvalue weighted by atomic mass is 32.2. The van der Waals surface area contributed by atoms with E-state index >= 15 is 0 Å². The van der Waals surface area contributed by atoms with Crippen molar-refractivity contribution in [2.24, 2.45) is 0 Å². The van der Waals surface area contributed by atoms with E-state index in [9.17, 15) is 19.1 Å². The van der Waals surface area contributed by atoms with Crippen molar-refractivity contribution in [1.82, 2.24) is 10.2 Å². The molecule has 5 aromatic rings. The Bertz CT molecular complexity index is 1830. The zero-order valence-electron chi connectivity index (χ0n) is 22.4. The maximum atomic E-state index is 13.6. The van der Waals surface area contributed by atoms with Crippen LogP contribution in [0.25, 0.3) is 16.5 Å². The summed E-state index contributed by atoms with van der Waals surface area (Å²) in [5.74, 6) is -1.42. The Hall–Kier alpha value is -4.54. The number of aromatic nitrogens is 2. The van der Waals surface area contributed by atoms with Crippen molar-refractivity contribution >= 4 is 56.5 Å². The number of carbonyl (C=O) groups is 2. The SMILES string of the molecule is CCOc1cccc(C2/C(=C(\O)c3ccc(F)cc3)C(=O)C(=O)N2c2nnc(SCc3cccc4ccccc34)s2)c1. The van der Waals surface area contributed by atoms with E-state index in [-0.39, 0.29) is 16.3 Å². The summed E-state index contributed by atoms with van der Waals surface area (Å²) in [6.45, 7) is 2.28. The summed E-state index contributed by atoms with van der Waals surface area (Å²) in [7, 11) is 0. The number of anilines is 1. The first-order valence-corrected chi connectivity index (χ1v) is 15.0. The Kier molecular flexibility index (Phi) is 7.73. The third-order valence-corrected chi connectivity index (χ3v) is 8.98. The van der Waals surface area contributed by atoms with E-state index in [4.69, 9.17) is 4.74 Å². The van der Waals surface area contributed by atoms with Crippen LogP contribution in [0.15, 0.2) is 101 Å². The molecule has 0 bridgehead atoms. The highest BCUT2D eigenvalue weighted by Gasteiger charge is 2.48. The first-order valence-electron chi connectivity index (χ1n) is 13.2. The maximum Gasteiger partial charge on any atom is 0.301 e. The number of amides is 1. The maximum absolute atomic E-state index is 13.6. The molecule has 4 aromatic carbocycles. The van der Waals surface area contributed by atoms with Crippen LogP contribution in [0, 0.1) is 5.82 Å². The van der Waals surface area contributed by atoms with Gasteiger partial charge in [-0.15, -0.1) is 10.2 Å². The number of thioether (sulfide) groups is 1. The summed E-state index contributed by atoms with van der Waals surface area (Å²) in [5, 5.41) is 22.4. The number of nitrogens with zero attached hydrogens (tertiary/aromatic N) is 3. The van der Waals surface area contributed by atoms with Gasteiger partial charge < -0.3 is 9.84 Å². The molecule has 1 N–H and O–H groups in total. The van der Waals surface area contributed by atoms with E-state index in [2.05, 4.69) is 34.5 Å². The molecule has 0 spiro atoms. The number of Topliss-reactive ketones (excluding diaryl/α,β-unsaturated/α-hetero) is 1. The second-order valence-corrected chi connectivity index (χ2v) is 11.6. The van der Waals surface area contributed by atoms with Crippen molar-refractivity contribution in [2.45, 2.75) is 23.1 Å². The van der Waals surface area contributed by atoms with Gasteiger partial charge in [-0.2, -0.15) is 0 Å². The molecule has 0 radical (unpaired) electrons. The Labute approximate surface area is 249 Å². The molecule has 1 atom stereocenters. The lowest BCUT2D eigenvalue weighted by Gasteiger charge is -2.23. The fourth-order valence-corrected chi connectivity index (χ4v) is 6.84. The standard InChI is InChI=1S/C32H24FN3O4S2/c1-2-40-24-11-6-9-21(17-24)27-26(28(37)20-13-15-23(33)16-14-20)29(38)30(39)36(27)31-34-35-32(42-31)41-18-22-10-5-8-19-7-3-4-12-25(19)22/h3-17,27,37H,2,18H2,1H3/b28-26+. The number of aliphatic hydroxyl groups is 1. The third kappa shape index (κ3) is 5.26. The van der Waals surface area contributed by atoms with Gasteiger partial charge in [0.15, 0.2) is 4.34 Å². The number of carbonyl (C=O) groups excluding carboxylic acids is 2. The molecule has 1 aliphatic rings. The number of ketones is 1. The fourth-order valence-electron chi connectivity index (χ4n) is 4.97. The average Bonchev–Trinajstić information content (AvgIpc) is 3.58. The van der Waals surface area contributed by atoms with Crippen molar-refractivity contribution in [3.05, 3.63) is 119 Å². The predicted molar refractivity (Wildman–Crippen MR) is 162 cm³/mol. The number of hydrogen-bond acceptors (Lipinski definition) is 8. The van der Waals surface area contributed by atoms with Crippen LogP contribution >= 0.6 is 23.1 Å². The van der Waals surface area contributed by atoms with Crippen LogP contribution < -0.4 is 9.64 Å². The van der Waals surface area contributed by atoms with E-state index in [1.54, 1.807) is 24.3 Å². The van der Waals surface area contributed by atoms with Gasteiger partial charge in [0.2, 0.25) is 5.13 Å². The van der Waals surface area contributed by atoms with Crippen LogP contribution in [0.3, 0.4) is 0 Å². The first kappa shape index (κ1) is 27.6. The lowest BCUT2D eigenvalue weighted by molar-refractivity contribution is -0.132. The van der Waals surface area contributed by atoms with Crippen molar-refractivity contribution in [3.8, 4) is 5.75 Å². The van der Waals surface area contributed by atoms with Crippen molar-refractivity contribution in [1.29, 1.82) is 0 Å². The molecular weight excluding hydrogens is 574 g/mol. The van der Waals surface area contributed by atoms with Crippen LogP contribution in [-0.4, -0.2) is 33.6 Å². The van der Waals surface area contributed by atoms with Gasteiger partial charge in [0.1, 0.15) is 17.3 Å². The van der Waals surface area contributed by atoms with Crippen molar-refractivity contribution < 1.29 is 23.8 Å². The molecule has 0 aliphatic carbocycles. The minimum absolute atomic E-state index is 0.125. The summed E-state index contributed by atoms with van der Waals surface area (Å²) in [4.78, 5) is 28.2. The zero-order chi connectivity index (χ0) is 29.2. The highest BCUT2D eigenvalue weighted by molar-refractivity contribution is 8.00. The fraction of sp³-hybridized carbons (Fsp3) is 0.125. The number of benzene rings is 4. The number of hydrogen-bond donors (Lipinski definition) is 1. The Morgan fingerprint density at radius 3 is 2.57 bits per heavy atom. The van der Waals surface area contributed by atoms with E-state index < -0.39 is 29.3 Å². The number of ether oxygens (including phenoxy) is 1. The van der Waals surface area contributed by atoms with Gasteiger partial charge in [0.05, 0.1) is 18.2 Å². The van der Waals surface area contributed by atoms with Crippen LogP contribution in [0.4, 0.5) is 9.52 Å². The van der Waals surface area contributed by atoms with E-state index in [0.717, 1.165) is 16.3 Å². The minimum atomic E-state index is -1.00. The largest absolute Gasteiger partial charge is 0.507 e. The molecule has 2 heterocycles. The number of aliphatic hydroxyl groups excluding tert-OH is 1. The quantitative estimate of drug-likeness (QED) is 0.0668. The highest BCUT2D eigenvalue weighted by Crippen LogP contribution is 2.44. The molecule has 42 heavy (non-hydrogen) atoms. The molecule has 10 heteroatoms. The van der Waals surface area contributed by atoms with Crippen LogP contribution in [0.2, 0.25) is 0 Å². The first-order chi connectivity index (χ1) is 20.4. The molecule has 1 unspecified atom stereocenters. The molecule has 210 valence electrons. The molecule has 6 rings (SSSR count). The minimum Gasteiger partial charge on any atom is -0.507 e. The molecule has 1 saturated heterocycles. The lowest BCUT2D eigenvalue weighted by atomic mass is 9.95. The Morgan fingerprint density at radius 2 is 1.76 bits per heavy atom. The van der Waals surface area contributed by atoms with Gasteiger partial charge in [-0.25, -0.2) is 4.39 Å². The average molecular weight is 598 g/mol. The molecule has 1 aliphatic heterocycles. The molecule has 7 nitrogen and oxygen atoms in total. The Morgan fingerprint density at radius 1 is 1.00 bits per heavy atom. The van der Waals surface area contributed by atoms with Gasteiger partial charge in [0.25, 0.3) is 5.78 Å². The van der Waals surface area contributed by atoms with Crippen LogP contribution in [0.5, 0.6) is 5.75 Å². The predicted octanol–water partition coefficient (Wildman–Crippen LogP) is 7.15. The number of fused-ring (bicyclic) bond motifs is 1. The van der Waals surface area contributed by atoms with Crippen molar-refractivity contribution in [2.75, 3.05) is 11.5 Å². The molecule has 1 fully saturated rings. The second kappa shape index (κ2) is 11.8. The monoisotopic (exact) mass is 597 g/mol.